The van der Waals surface area contributed by atoms with Crippen LogP contribution < -0.4 is 24.5 Å². The molecule has 0 saturated heterocycles. The van der Waals surface area contributed by atoms with Gasteiger partial charge in [-0.25, -0.2) is 15.0 Å². The third-order valence-corrected chi connectivity index (χ3v) is 23.2. The smallest absolute Gasteiger partial charge is 0.140 e. The summed E-state index contributed by atoms with van der Waals surface area (Å²) in [4.78, 5) is 35.8. The molecule has 602 valence electrons. The normalized spacial score (nSPS) is 11.8. The van der Waals surface area contributed by atoms with Crippen molar-refractivity contribution in [1.29, 1.82) is 0 Å². The number of halogens is 4. The Labute approximate surface area is 728 Å². The molecule has 14 rings (SSSR count). The van der Waals surface area contributed by atoms with Crippen LogP contribution in [0.4, 0.5) is 86.0 Å². The molecule has 5 heterocycles. The molecule has 0 fully saturated rings. The summed E-state index contributed by atoms with van der Waals surface area (Å²) >= 11 is 20.1. The Morgan fingerprint density at radius 1 is 0.237 bits per heavy atom. The van der Waals surface area contributed by atoms with Crippen LogP contribution in [0.2, 0.25) is 10.0 Å². The zero-order chi connectivity index (χ0) is 84.5. The van der Waals surface area contributed by atoms with Crippen molar-refractivity contribution in [3.63, 3.8) is 0 Å². The molecule has 0 saturated carbocycles. The first-order valence-electron chi connectivity index (χ1n) is 40.2. The Morgan fingerprint density at radius 3 is 0.729 bits per heavy atom. The highest BCUT2D eigenvalue weighted by atomic mass is 79.9. The number of hydrogen-bond donors (Lipinski definition) is 0. The number of benzene rings is 9. The van der Waals surface area contributed by atoms with Crippen molar-refractivity contribution in [1.82, 2.24) is 24.9 Å². The van der Waals surface area contributed by atoms with Crippen molar-refractivity contribution < 1.29 is 0 Å². The second kappa shape index (κ2) is 36.6. The first-order valence-corrected chi connectivity index (χ1v) is 42.6. The molecular weight excluding hydrogens is 1620 g/mol. The maximum Gasteiger partial charge on any atom is 0.140 e. The minimum Gasteiger partial charge on any atom is -0.295 e. The highest BCUT2D eigenvalue weighted by Crippen LogP contribution is 2.48. The molecular formula is C104H108Br2Cl2N10. The highest BCUT2D eigenvalue weighted by molar-refractivity contribution is 9.11. The molecule has 5 aromatic heterocycles. The van der Waals surface area contributed by atoms with Crippen LogP contribution in [0.25, 0.3) is 0 Å². The SMILES string of the molecule is CC(C)(C)c1ccc(N(c2ccc(C(C)(C)C)cc2)c2cccc(Cc3ccccc3)n2)cc1.CC(C)(C)c1ccc(N(c2ccc(C(C)(C)C)cc2)c2cccc(N(c3ccccc3)c3cncc(N(c4ccccc4)c4cccc(N(c5ccc(C(C)(C)C)cc5)c5ccc(C(C)(C)C)cc5)n4)c3Cl)n2)cc1.Clc1c(Br)cncc1Br. The van der Waals surface area contributed by atoms with Gasteiger partial charge < -0.3 is 0 Å². The van der Waals surface area contributed by atoms with Crippen molar-refractivity contribution in [2.45, 2.75) is 164 Å². The van der Waals surface area contributed by atoms with Gasteiger partial charge in [0.1, 0.15) is 29.1 Å². The van der Waals surface area contributed by atoms with E-state index in [1.807, 2.05) is 60.9 Å². The first-order chi connectivity index (χ1) is 56.0. The van der Waals surface area contributed by atoms with Crippen LogP contribution in [-0.2, 0) is 38.9 Å². The molecule has 9 aromatic carbocycles. The van der Waals surface area contributed by atoms with Crippen molar-refractivity contribution in [2.24, 2.45) is 0 Å². The summed E-state index contributed by atoms with van der Waals surface area (Å²) in [5.74, 6) is 3.76. The predicted molar refractivity (Wildman–Crippen MR) is 509 cm³/mol. The van der Waals surface area contributed by atoms with Crippen LogP contribution in [0.3, 0.4) is 0 Å². The largest absolute Gasteiger partial charge is 0.295 e. The molecule has 0 amide bonds. The molecule has 14 heteroatoms. The third kappa shape index (κ3) is 21.4. The Bertz CT molecular complexity index is 5220. The van der Waals surface area contributed by atoms with Gasteiger partial charge in [-0.15, -0.1) is 0 Å². The second-order valence-corrected chi connectivity index (χ2v) is 38.4. The minimum absolute atomic E-state index is 0.00104. The van der Waals surface area contributed by atoms with Crippen molar-refractivity contribution in [3.05, 3.63) is 380 Å². The monoisotopic (exact) mass is 1720 g/mol. The van der Waals surface area contributed by atoms with Crippen LogP contribution in [0.15, 0.2) is 325 Å². The van der Waals surface area contributed by atoms with Gasteiger partial charge in [0.2, 0.25) is 0 Å². The van der Waals surface area contributed by atoms with E-state index in [4.69, 9.17) is 43.1 Å². The summed E-state index contributed by atoms with van der Waals surface area (Å²) in [6, 6.07) is 103. The van der Waals surface area contributed by atoms with Gasteiger partial charge in [0.15, 0.2) is 0 Å². The number of hydrogen-bond acceptors (Lipinski definition) is 10. The third-order valence-electron chi connectivity index (χ3n) is 20.7. The van der Waals surface area contributed by atoms with Gasteiger partial charge in [-0.3, -0.25) is 34.5 Å². The molecule has 0 aliphatic carbocycles. The number of anilines is 15. The van der Waals surface area contributed by atoms with Gasteiger partial charge in [0.25, 0.3) is 0 Å². The highest BCUT2D eigenvalue weighted by Gasteiger charge is 2.29. The lowest BCUT2D eigenvalue weighted by Gasteiger charge is -2.31. The Kier molecular flexibility index (Phi) is 26.9. The van der Waals surface area contributed by atoms with E-state index in [-0.39, 0.29) is 32.5 Å². The van der Waals surface area contributed by atoms with Gasteiger partial charge in [-0.2, -0.15) is 0 Å². The van der Waals surface area contributed by atoms with Crippen molar-refractivity contribution in [3.8, 4) is 0 Å². The van der Waals surface area contributed by atoms with E-state index in [0.29, 0.717) is 33.1 Å². The number of para-hydroxylation sites is 2. The van der Waals surface area contributed by atoms with E-state index in [2.05, 4.69) is 429 Å². The lowest BCUT2D eigenvalue weighted by molar-refractivity contribution is 0.590. The summed E-state index contributed by atoms with van der Waals surface area (Å²) in [6.45, 7) is 40.4. The lowest BCUT2D eigenvalue weighted by Crippen LogP contribution is -2.19. The molecule has 0 spiro atoms. The second-order valence-electron chi connectivity index (χ2n) is 35.9. The summed E-state index contributed by atoms with van der Waals surface area (Å²) in [5, 5.41) is 1.13. The molecule has 0 radical (unpaired) electrons. The molecule has 14 aromatic rings. The molecule has 0 aliphatic heterocycles. The lowest BCUT2D eigenvalue weighted by atomic mass is 9.86. The topological polar surface area (TPSA) is 80.7 Å². The molecule has 10 nitrogen and oxygen atoms in total. The molecule has 0 atom stereocenters. The summed E-state index contributed by atoms with van der Waals surface area (Å²) in [6.07, 6.45) is 7.74. The minimum atomic E-state index is 0.00104. The van der Waals surface area contributed by atoms with Gasteiger partial charge in [-0.05, 0) is 237 Å². The van der Waals surface area contributed by atoms with Gasteiger partial charge >= 0.3 is 0 Å². The van der Waals surface area contributed by atoms with Crippen molar-refractivity contribution in [2.75, 3.05) is 24.5 Å². The maximum atomic E-state index is 7.89. The standard InChI is InChI=1S/C67H70ClN7.C32H36N2.C5H2Br2ClN/c1-64(2,3)47-29-37-53(38-30-47)72(54-39-31-48(32-40-54)65(4,5)6)59-25-19-27-61(70-59)74(51-21-15-13-16-22-51)57-45-69-46-58(63(57)68)75(52-23-17-14-18-24-52)62-28-20-26-60(71-62)73(55-41-33-49(34-42-55)66(7,8)9)56-43-35-50(36-44-56)67(10,11)12;1-31(2,3)25-15-19-28(20-16-25)34(29-21-17-26(18-22-29)32(4,5)6)30-14-10-13-27(33-30)23-24-11-8-7-9-12-24;6-3-1-9-2-4(7)5(3)8/h13-46H,1-12H3;7-22H,23H2,1-6H3;1-2H. The molecule has 0 N–H and O–H groups in total. The van der Waals surface area contributed by atoms with Gasteiger partial charge in [0, 0.05) is 70.0 Å². The number of aromatic nitrogens is 5. The van der Waals surface area contributed by atoms with Gasteiger partial charge in [0.05, 0.1) is 42.8 Å². The Morgan fingerprint density at radius 2 is 0.466 bits per heavy atom. The molecule has 0 aliphatic rings. The van der Waals surface area contributed by atoms with Crippen LogP contribution >= 0.6 is 55.1 Å². The maximum absolute atomic E-state index is 7.89. The Balaban J connectivity index is 0.000000243. The summed E-state index contributed by atoms with van der Waals surface area (Å²) in [7, 11) is 0. The van der Waals surface area contributed by atoms with Crippen LogP contribution in [-0.4, -0.2) is 24.9 Å². The fourth-order valence-electron chi connectivity index (χ4n) is 13.8. The summed E-state index contributed by atoms with van der Waals surface area (Å²) < 4.78 is 1.61. The fraction of sp³-hybridized carbons (Fsp3) is 0.240. The molecule has 0 unspecified atom stereocenters. The average molecular weight is 1730 g/mol. The zero-order valence-corrected chi connectivity index (χ0v) is 75.9. The van der Waals surface area contributed by atoms with Gasteiger partial charge in [-0.1, -0.05) is 306 Å². The van der Waals surface area contributed by atoms with E-state index < -0.39 is 0 Å². The Hall–Kier alpha value is -10.7. The van der Waals surface area contributed by atoms with E-state index >= 15 is 0 Å². The number of rotatable bonds is 17. The zero-order valence-electron chi connectivity index (χ0n) is 71.2. The van der Waals surface area contributed by atoms with Crippen molar-refractivity contribution >= 4 is 141 Å². The quantitative estimate of drug-likeness (QED) is 0.0879. The fourth-order valence-corrected chi connectivity index (χ4v) is 15.1. The molecule has 118 heavy (non-hydrogen) atoms. The van der Waals surface area contributed by atoms with Crippen LogP contribution in [0, 0.1) is 0 Å². The number of pyridine rings is 5. The summed E-state index contributed by atoms with van der Waals surface area (Å²) in [5.41, 5.74) is 19.5. The predicted octanol–water partition coefficient (Wildman–Crippen LogP) is 31.6. The average Bonchev–Trinajstić information content (AvgIpc) is 0.756. The number of nitrogens with zero attached hydrogens (tertiary/aromatic N) is 10. The van der Waals surface area contributed by atoms with Crippen LogP contribution in [0.1, 0.15) is 169 Å². The van der Waals surface area contributed by atoms with E-state index in [0.717, 1.165) is 84.0 Å². The molecule has 0 bridgehead atoms. The van der Waals surface area contributed by atoms with E-state index in [1.54, 1.807) is 12.4 Å². The first kappa shape index (κ1) is 86.6. The van der Waals surface area contributed by atoms with E-state index in [9.17, 15) is 0 Å². The van der Waals surface area contributed by atoms with Crippen LogP contribution in [0.5, 0.6) is 0 Å². The van der Waals surface area contributed by atoms with E-state index in [1.165, 1.54) is 38.9 Å².